The second-order valence-electron chi connectivity index (χ2n) is 10.3. The minimum Gasteiger partial charge on any atom is -0.493 e. The fourth-order valence-electron chi connectivity index (χ4n) is 3.55. The molecule has 184 valence electrons. The highest BCUT2D eigenvalue weighted by Crippen LogP contribution is 2.37. The first-order valence-electron chi connectivity index (χ1n) is 12.1. The van der Waals surface area contributed by atoms with E-state index in [1.54, 1.807) is 0 Å². The molecule has 0 spiro atoms. The van der Waals surface area contributed by atoms with Gasteiger partial charge in [-0.3, -0.25) is 0 Å². The molecular weight excluding hydrogens is 446 g/mol. The first-order valence-corrected chi connectivity index (χ1v) is 15.0. The third-order valence-electron chi connectivity index (χ3n) is 6.75. The predicted octanol–water partition coefficient (Wildman–Crippen LogP) is 5.12. The molecule has 0 radical (unpaired) electrons. The summed E-state index contributed by atoms with van der Waals surface area (Å²) in [5.74, 6) is 3.14. The standard InChI is InChI=1S/C25H37N5O3Si/c1-25(2,3)34(4,5)33-18-22-26-17-20(21-8-6-7-13-32-21)24(29-22)28-19-9-10-23(27-16-19)30-11-14-31-15-12-30/h8-10,16-17H,6-7,11-15,18H2,1-5H3,(H,26,28,29). The third kappa shape index (κ3) is 5.95. The second kappa shape index (κ2) is 10.4. The number of nitrogens with zero attached hydrogens (tertiary/aromatic N) is 4. The largest absolute Gasteiger partial charge is 0.493 e. The normalized spacial score (nSPS) is 17.2. The number of anilines is 3. The SMILES string of the molecule is CC(C)(C)[Si](C)(C)OCc1ncc(C2=CCCCO2)c(Nc2ccc(N3CCOCC3)nc2)n1. The van der Waals surface area contributed by atoms with E-state index < -0.39 is 8.32 Å². The van der Waals surface area contributed by atoms with Crippen LogP contribution in [0.1, 0.15) is 45.0 Å². The van der Waals surface area contributed by atoms with Gasteiger partial charge in [0.1, 0.15) is 17.4 Å². The summed E-state index contributed by atoms with van der Waals surface area (Å²) in [5.41, 5.74) is 1.72. The van der Waals surface area contributed by atoms with Gasteiger partial charge >= 0.3 is 0 Å². The monoisotopic (exact) mass is 483 g/mol. The van der Waals surface area contributed by atoms with Crippen LogP contribution >= 0.6 is 0 Å². The van der Waals surface area contributed by atoms with Crippen LogP contribution in [0.2, 0.25) is 18.1 Å². The Balaban J connectivity index is 1.55. The van der Waals surface area contributed by atoms with Gasteiger partial charge < -0.3 is 24.1 Å². The number of ether oxygens (including phenoxy) is 2. The Labute approximate surface area is 203 Å². The molecule has 0 aliphatic carbocycles. The van der Waals surface area contributed by atoms with Crippen LogP contribution in [0.3, 0.4) is 0 Å². The van der Waals surface area contributed by atoms with Crippen LogP contribution in [0.25, 0.3) is 5.76 Å². The molecule has 2 aromatic rings. The quantitative estimate of drug-likeness (QED) is 0.543. The van der Waals surface area contributed by atoms with E-state index in [1.807, 2.05) is 24.5 Å². The molecule has 8 nitrogen and oxygen atoms in total. The summed E-state index contributed by atoms with van der Waals surface area (Å²) >= 11 is 0. The summed E-state index contributed by atoms with van der Waals surface area (Å²) < 4.78 is 17.7. The Hall–Kier alpha value is -2.49. The molecule has 0 unspecified atom stereocenters. The van der Waals surface area contributed by atoms with Gasteiger partial charge in [0.25, 0.3) is 0 Å². The number of aromatic nitrogens is 3. The molecule has 2 aliphatic rings. The summed E-state index contributed by atoms with van der Waals surface area (Å²) in [6, 6.07) is 4.07. The average Bonchev–Trinajstić information content (AvgIpc) is 2.84. The van der Waals surface area contributed by atoms with E-state index in [-0.39, 0.29) is 5.04 Å². The first kappa shape index (κ1) is 24.6. The van der Waals surface area contributed by atoms with Crippen molar-refractivity contribution in [1.82, 2.24) is 15.0 Å². The molecule has 0 aromatic carbocycles. The molecule has 0 saturated carbocycles. The molecule has 0 amide bonds. The summed E-state index contributed by atoms with van der Waals surface area (Å²) in [6.07, 6.45) is 7.81. The molecular formula is C25H37N5O3Si. The van der Waals surface area contributed by atoms with E-state index in [1.165, 1.54) is 0 Å². The number of hydrogen-bond acceptors (Lipinski definition) is 8. The van der Waals surface area contributed by atoms with Crippen molar-refractivity contribution >= 4 is 31.4 Å². The number of allylic oxidation sites excluding steroid dienone is 1. The highest BCUT2D eigenvalue weighted by molar-refractivity contribution is 6.74. The molecule has 4 heterocycles. The number of pyridine rings is 1. The topological polar surface area (TPSA) is 81.6 Å². The van der Waals surface area contributed by atoms with Crippen LogP contribution in [0, 0.1) is 0 Å². The van der Waals surface area contributed by atoms with Gasteiger partial charge in [0.15, 0.2) is 14.1 Å². The maximum atomic E-state index is 6.37. The van der Waals surface area contributed by atoms with Crippen LogP contribution in [-0.2, 0) is 20.5 Å². The zero-order valence-corrected chi connectivity index (χ0v) is 22.1. The summed E-state index contributed by atoms with van der Waals surface area (Å²) in [7, 11) is -1.91. The van der Waals surface area contributed by atoms with Gasteiger partial charge in [-0.1, -0.05) is 20.8 Å². The van der Waals surface area contributed by atoms with Gasteiger partial charge in [0.2, 0.25) is 0 Å². The molecule has 4 rings (SSSR count). The van der Waals surface area contributed by atoms with Gasteiger partial charge in [-0.15, -0.1) is 0 Å². The lowest BCUT2D eigenvalue weighted by atomic mass is 10.1. The van der Waals surface area contributed by atoms with Crippen molar-refractivity contribution in [3.05, 3.63) is 42.0 Å². The molecule has 9 heteroatoms. The third-order valence-corrected chi connectivity index (χ3v) is 11.2. The summed E-state index contributed by atoms with van der Waals surface area (Å²) in [6.45, 7) is 15.5. The zero-order valence-electron chi connectivity index (χ0n) is 21.1. The van der Waals surface area contributed by atoms with Crippen molar-refractivity contribution in [3.8, 4) is 0 Å². The van der Waals surface area contributed by atoms with Crippen LogP contribution in [0.15, 0.2) is 30.6 Å². The van der Waals surface area contributed by atoms with Gasteiger partial charge in [0, 0.05) is 19.3 Å². The van der Waals surface area contributed by atoms with E-state index in [0.717, 1.165) is 62.0 Å². The molecule has 1 fully saturated rings. The number of rotatable bonds is 7. The van der Waals surface area contributed by atoms with E-state index in [4.69, 9.17) is 18.9 Å². The lowest BCUT2D eigenvalue weighted by molar-refractivity contribution is 0.122. The minimum absolute atomic E-state index is 0.128. The Bertz CT molecular complexity index is 999. The van der Waals surface area contributed by atoms with E-state index in [9.17, 15) is 0 Å². The Morgan fingerprint density at radius 2 is 1.88 bits per heavy atom. The van der Waals surface area contributed by atoms with Crippen LogP contribution in [0.4, 0.5) is 17.3 Å². The number of hydrogen-bond donors (Lipinski definition) is 1. The van der Waals surface area contributed by atoms with Crippen LogP contribution in [-0.4, -0.2) is 56.2 Å². The zero-order chi connectivity index (χ0) is 24.2. The molecule has 2 aromatic heterocycles. The Kier molecular flexibility index (Phi) is 7.54. The fourth-order valence-corrected chi connectivity index (χ4v) is 4.47. The maximum absolute atomic E-state index is 6.37. The summed E-state index contributed by atoms with van der Waals surface area (Å²) in [4.78, 5) is 16.3. The number of nitrogens with one attached hydrogen (secondary N) is 1. The van der Waals surface area contributed by atoms with E-state index in [2.05, 4.69) is 60.1 Å². The lowest BCUT2D eigenvalue weighted by Gasteiger charge is -2.35. The van der Waals surface area contributed by atoms with Gasteiger partial charge in [0.05, 0.1) is 43.9 Å². The molecule has 2 aliphatic heterocycles. The van der Waals surface area contributed by atoms with Crippen molar-refractivity contribution < 1.29 is 13.9 Å². The average molecular weight is 484 g/mol. The Morgan fingerprint density at radius 1 is 1.09 bits per heavy atom. The number of morpholine rings is 1. The van der Waals surface area contributed by atoms with Crippen molar-refractivity contribution in [3.63, 3.8) is 0 Å². The van der Waals surface area contributed by atoms with Gasteiger partial charge in [-0.25, -0.2) is 15.0 Å². The van der Waals surface area contributed by atoms with Crippen molar-refractivity contribution in [1.29, 1.82) is 0 Å². The molecule has 0 bridgehead atoms. The molecule has 34 heavy (non-hydrogen) atoms. The highest BCUT2D eigenvalue weighted by atomic mass is 28.4. The van der Waals surface area contributed by atoms with Crippen molar-refractivity contribution in [2.75, 3.05) is 43.1 Å². The smallest absolute Gasteiger partial charge is 0.192 e. The second-order valence-corrected chi connectivity index (χ2v) is 15.1. The van der Waals surface area contributed by atoms with Crippen molar-refractivity contribution in [2.45, 2.75) is 58.4 Å². The van der Waals surface area contributed by atoms with E-state index in [0.29, 0.717) is 24.9 Å². The molecule has 1 N–H and O–H groups in total. The lowest BCUT2D eigenvalue weighted by Crippen LogP contribution is -2.40. The first-order chi connectivity index (χ1) is 16.2. The fraction of sp³-hybridized carbons (Fsp3) is 0.560. The molecule has 1 saturated heterocycles. The Morgan fingerprint density at radius 3 is 2.53 bits per heavy atom. The highest BCUT2D eigenvalue weighted by Gasteiger charge is 2.37. The van der Waals surface area contributed by atoms with Crippen LogP contribution in [0.5, 0.6) is 0 Å². The minimum atomic E-state index is -1.91. The van der Waals surface area contributed by atoms with E-state index >= 15 is 0 Å². The summed E-state index contributed by atoms with van der Waals surface area (Å²) in [5, 5.41) is 3.57. The van der Waals surface area contributed by atoms with Crippen LogP contribution < -0.4 is 10.2 Å². The maximum Gasteiger partial charge on any atom is 0.192 e. The van der Waals surface area contributed by atoms with Crippen molar-refractivity contribution in [2.24, 2.45) is 0 Å². The molecule has 0 atom stereocenters. The van der Waals surface area contributed by atoms with Gasteiger partial charge in [-0.2, -0.15) is 0 Å². The van der Waals surface area contributed by atoms with Gasteiger partial charge in [-0.05, 0) is 49.2 Å². The predicted molar refractivity (Wildman–Crippen MR) is 138 cm³/mol.